The van der Waals surface area contributed by atoms with Crippen LogP contribution in [-0.4, -0.2) is 13.1 Å². The maximum absolute atomic E-state index is 11.1. The van der Waals surface area contributed by atoms with Crippen molar-refractivity contribution in [2.45, 2.75) is 6.54 Å². The number of benzene rings is 2. The van der Waals surface area contributed by atoms with Crippen molar-refractivity contribution in [2.24, 2.45) is 0 Å². The van der Waals surface area contributed by atoms with Gasteiger partial charge in [0.1, 0.15) is 0 Å². The van der Waals surface area contributed by atoms with E-state index >= 15 is 0 Å². The highest BCUT2D eigenvalue weighted by atomic mass is 16.2. The highest BCUT2D eigenvalue weighted by Crippen LogP contribution is 2.14. The fourth-order valence-electron chi connectivity index (χ4n) is 1.66. The Morgan fingerprint density at radius 2 is 1.58 bits per heavy atom. The van der Waals surface area contributed by atoms with E-state index in [0.29, 0.717) is 0 Å². The van der Waals surface area contributed by atoms with Crippen LogP contribution in [-0.2, 0) is 6.54 Å². The smallest absolute Gasteiger partial charge is 0.318 e. The third-order valence-corrected chi connectivity index (χ3v) is 2.71. The molecule has 2 amide bonds. The van der Waals surface area contributed by atoms with Crippen LogP contribution in [0.15, 0.2) is 54.6 Å². The molecule has 0 unspecified atom stereocenters. The highest BCUT2D eigenvalue weighted by Gasteiger charge is 1.98. The van der Waals surface area contributed by atoms with Crippen molar-refractivity contribution >= 4 is 17.4 Å². The number of carbonyl (C=O) groups is 1. The van der Waals surface area contributed by atoms with Gasteiger partial charge < -0.3 is 16.0 Å². The third-order valence-electron chi connectivity index (χ3n) is 2.71. The van der Waals surface area contributed by atoms with Gasteiger partial charge in [0.2, 0.25) is 0 Å². The number of urea groups is 1. The Kier molecular flexibility index (Phi) is 4.39. The summed E-state index contributed by atoms with van der Waals surface area (Å²) in [5.74, 6) is 0. The van der Waals surface area contributed by atoms with Gasteiger partial charge in [-0.25, -0.2) is 4.79 Å². The summed E-state index contributed by atoms with van der Waals surface area (Å²) in [7, 11) is 1.59. The van der Waals surface area contributed by atoms with Crippen LogP contribution in [0.5, 0.6) is 0 Å². The quantitative estimate of drug-likeness (QED) is 0.786. The number of nitrogens with one attached hydrogen (secondary N) is 3. The summed E-state index contributed by atoms with van der Waals surface area (Å²) in [6, 6.07) is 17.6. The van der Waals surface area contributed by atoms with E-state index in [1.807, 2.05) is 42.5 Å². The standard InChI is InChI=1S/C15H17N3O/c1-16-15(19)18-14-9-7-13(8-10-14)17-11-12-5-3-2-4-6-12/h2-10,17H,11H2,1H3,(H2,16,18,19). The van der Waals surface area contributed by atoms with Gasteiger partial charge >= 0.3 is 6.03 Å². The van der Waals surface area contributed by atoms with Gasteiger partial charge in [0.05, 0.1) is 0 Å². The lowest BCUT2D eigenvalue weighted by Crippen LogP contribution is -2.24. The van der Waals surface area contributed by atoms with E-state index in [2.05, 4.69) is 28.1 Å². The Labute approximate surface area is 112 Å². The summed E-state index contributed by atoms with van der Waals surface area (Å²) in [4.78, 5) is 11.1. The molecule has 0 bridgehead atoms. The Bertz CT molecular complexity index is 523. The Morgan fingerprint density at radius 1 is 0.947 bits per heavy atom. The lowest BCUT2D eigenvalue weighted by Gasteiger charge is -2.08. The van der Waals surface area contributed by atoms with Crippen LogP contribution < -0.4 is 16.0 Å². The molecule has 0 heterocycles. The van der Waals surface area contributed by atoms with Crippen LogP contribution in [0.3, 0.4) is 0 Å². The molecule has 0 spiro atoms. The molecule has 3 N–H and O–H groups in total. The van der Waals surface area contributed by atoms with E-state index in [1.54, 1.807) is 7.05 Å². The van der Waals surface area contributed by atoms with Crippen LogP contribution in [0.25, 0.3) is 0 Å². The van der Waals surface area contributed by atoms with Crippen LogP contribution >= 0.6 is 0 Å². The van der Waals surface area contributed by atoms with Gasteiger partial charge in [-0.05, 0) is 29.8 Å². The Balaban J connectivity index is 1.90. The molecule has 0 aliphatic carbocycles. The fourth-order valence-corrected chi connectivity index (χ4v) is 1.66. The Morgan fingerprint density at radius 3 is 2.21 bits per heavy atom. The lowest BCUT2D eigenvalue weighted by molar-refractivity contribution is 0.254. The molecule has 0 atom stereocenters. The maximum Gasteiger partial charge on any atom is 0.318 e. The first-order valence-corrected chi connectivity index (χ1v) is 6.14. The SMILES string of the molecule is CNC(=O)Nc1ccc(NCc2ccccc2)cc1. The van der Waals surface area contributed by atoms with Crippen LogP contribution in [0.2, 0.25) is 0 Å². The summed E-state index contributed by atoms with van der Waals surface area (Å²) in [5, 5.41) is 8.55. The molecule has 2 aromatic rings. The molecule has 98 valence electrons. The average molecular weight is 255 g/mol. The summed E-state index contributed by atoms with van der Waals surface area (Å²) in [6.45, 7) is 0.781. The van der Waals surface area contributed by atoms with Crippen LogP contribution in [0, 0.1) is 0 Å². The molecule has 0 aromatic heterocycles. The number of amides is 2. The van der Waals surface area contributed by atoms with Gasteiger partial charge in [-0.15, -0.1) is 0 Å². The molecule has 0 radical (unpaired) electrons. The van der Waals surface area contributed by atoms with E-state index in [4.69, 9.17) is 0 Å². The van der Waals surface area contributed by atoms with Crippen LogP contribution in [0.1, 0.15) is 5.56 Å². The zero-order valence-electron chi connectivity index (χ0n) is 10.8. The second-order valence-electron chi connectivity index (χ2n) is 4.12. The lowest BCUT2D eigenvalue weighted by atomic mass is 10.2. The predicted molar refractivity (Wildman–Crippen MR) is 78.3 cm³/mol. The first kappa shape index (κ1) is 13.0. The first-order valence-electron chi connectivity index (χ1n) is 6.14. The second kappa shape index (κ2) is 6.44. The van der Waals surface area contributed by atoms with Crippen molar-refractivity contribution in [1.29, 1.82) is 0 Å². The van der Waals surface area contributed by atoms with Crippen molar-refractivity contribution in [3.05, 3.63) is 60.2 Å². The molecule has 0 saturated heterocycles. The molecular formula is C15H17N3O. The van der Waals surface area contributed by atoms with E-state index in [-0.39, 0.29) is 6.03 Å². The predicted octanol–water partition coefficient (Wildman–Crippen LogP) is 3.05. The topological polar surface area (TPSA) is 53.2 Å². The van der Waals surface area contributed by atoms with Crippen molar-refractivity contribution in [2.75, 3.05) is 17.7 Å². The minimum absolute atomic E-state index is 0.218. The zero-order chi connectivity index (χ0) is 13.5. The number of rotatable bonds is 4. The van der Waals surface area contributed by atoms with Crippen molar-refractivity contribution < 1.29 is 4.79 Å². The second-order valence-corrected chi connectivity index (χ2v) is 4.12. The van der Waals surface area contributed by atoms with Crippen molar-refractivity contribution in [3.63, 3.8) is 0 Å². The molecule has 0 fully saturated rings. The van der Waals surface area contributed by atoms with E-state index in [1.165, 1.54) is 5.56 Å². The van der Waals surface area contributed by atoms with E-state index < -0.39 is 0 Å². The Hall–Kier alpha value is -2.49. The number of anilines is 2. The summed E-state index contributed by atoms with van der Waals surface area (Å²) < 4.78 is 0. The summed E-state index contributed by atoms with van der Waals surface area (Å²) in [5.41, 5.74) is 3.02. The van der Waals surface area contributed by atoms with Gasteiger partial charge in [-0.2, -0.15) is 0 Å². The minimum atomic E-state index is -0.218. The zero-order valence-corrected chi connectivity index (χ0v) is 10.8. The van der Waals surface area contributed by atoms with Gasteiger partial charge in [-0.1, -0.05) is 30.3 Å². The molecule has 0 aliphatic heterocycles. The summed E-state index contributed by atoms with van der Waals surface area (Å²) >= 11 is 0. The van der Waals surface area contributed by atoms with Crippen molar-refractivity contribution in [3.8, 4) is 0 Å². The first-order chi connectivity index (χ1) is 9.28. The average Bonchev–Trinajstić information content (AvgIpc) is 2.47. The third kappa shape index (κ3) is 4.03. The number of hydrogen-bond acceptors (Lipinski definition) is 2. The van der Waals surface area contributed by atoms with E-state index in [9.17, 15) is 4.79 Å². The minimum Gasteiger partial charge on any atom is -0.381 e. The van der Waals surface area contributed by atoms with Crippen LogP contribution in [0.4, 0.5) is 16.2 Å². The highest BCUT2D eigenvalue weighted by molar-refractivity contribution is 5.89. The monoisotopic (exact) mass is 255 g/mol. The number of carbonyl (C=O) groups excluding carboxylic acids is 1. The molecule has 19 heavy (non-hydrogen) atoms. The molecule has 2 rings (SSSR count). The molecule has 4 nitrogen and oxygen atoms in total. The van der Waals surface area contributed by atoms with Gasteiger partial charge in [0.25, 0.3) is 0 Å². The fraction of sp³-hybridized carbons (Fsp3) is 0.133. The van der Waals surface area contributed by atoms with Gasteiger partial charge in [0.15, 0.2) is 0 Å². The van der Waals surface area contributed by atoms with Gasteiger partial charge in [-0.3, -0.25) is 0 Å². The summed E-state index contributed by atoms with van der Waals surface area (Å²) in [6.07, 6.45) is 0. The van der Waals surface area contributed by atoms with Gasteiger partial charge in [0, 0.05) is 25.0 Å². The molecular weight excluding hydrogens is 238 g/mol. The molecule has 4 heteroatoms. The largest absolute Gasteiger partial charge is 0.381 e. The number of hydrogen-bond donors (Lipinski definition) is 3. The van der Waals surface area contributed by atoms with Crippen molar-refractivity contribution in [1.82, 2.24) is 5.32 Å². The molecule has 0 aliphatic rings. The maximum atomic E-state index is 11.1. The van der Waals surface area contributed by atoms with E-state index in [0.717, 1.165) is 17.9 Å². The normalized spacial score (nSPS) is 9.74. The molecule has 0 saturated carbocycles. The molecule has 2 aromatic carbocycles.